The summed E-state index contributed by atoms with van der Waals surface area (Å²) >= 11 is 0. The number of nitrogens with zero attached hydrogens (tertiary/aromatic N) is 3. The van der Waals surface area contributed by atoms with E-state index < -0.39 is 0 Å². The van der Waals surface area contributed by atoms with Crippen LogP contribution in [-0.2, 0) is 12.0 Å². The fraction of sp³-hybridized carbons (Fsp3) is 0.667. The number of aryl methyl sites for hydroxylation is 2. The molecule has 1 aromatic rings. The van der Waals surface area contributed by atoms with Crippen LogP contribution in [-0.4, -0.2) is 9.78 Å². The van der Waals surface area contributed by atoms with E-state index in [-0.39, 0.29) is 5.41 Å². The van der Waals surface area contributed by atoms with Crippen LogP contribution in [0.1, 0.15) is 43.1 Å². The second-order valence-electron chi connectivity index (χ2n) is 4.41. The molecule has 0 amide bonds. The highest BCUT2D eigenvalue weighted by Gasteiger charge is 2.42. The number of rotatable bonds is 2. The van der Waals surface area contributed by atoms with E-state index in [9.17, 15) is 5.26 Å². The van der Waals surface area contributed by atoms with Crippen LogP contribution in [0.2, 0.25) is 0 Å². The van der Waals surface area contributed by atoms with Gasteiger partial charge in [0.15, 0.2) is 0 Å². The number of hydrogen-bond acceptors (Lipinski definition) is 2. The highest BCUT2D eigenvalue weighted by atomic mass is 15.3. The van der Waals surface area contributed by atoms with E-state index in [1.807, 2.05) is 11.6 Å². The summed E-state index contributed by atoms with van der Waals surface area (Å²) in [7, 11) is 0. The predicted molar refractivity (Wildman–Crippen MR) is 58.5 cm³/mol. The van der Waals surface area contributed by atoms with Crippen molar-refractivity contribution in [3.05, 3.63) is 17.0 Å². The molecule has 1 aromatic heterocycles. The summed E-state index contributed by atoms with van der Waals surface area (Å²) in [6.45, 7) is 7.07. The molecule has 0 N–H and O–H groups in total. The predicted octanol–water partition coefficient (Wildman–Crippen LogP) is 2.47. The van der Waals surface area contributed by atoms with Gasteiger partial charge in [-0.2, -0.15) is 10.4 Å². The standard InChI is InChI=1S/C12H17N3/c1-4-15-10(3)11(9(2)14-15)12(8-13)6-5-7-12/h4-7H2,1-3H3. The minimum absolute atomic E-state index is 0.221. The molecule has 80 valence electrons. The second-order valence-corrected chi connectivity index (χ2v) is 4.41. The van der Waals surface area contributed by atoms with Gasteiger partial charge in [0.05, 0.1) is 17.2 Å². The fourth-order valence-corrected chi connectivity index (χ4v) is 2.65. The third-order valence-electron chi connectivity index (χ3n) is 3.58. The van der Waals surface area contributed by atoms with E-state index in [4.69, 9.17) is 0 Å². The van der Waals surface area contributed by atoms with Crippen molar-refractivity contribution in [3.8, 4) is 6.07 Å². The summed E-state index contributed by atoms with van der Waals surface area (Å²) < 4.78 is 2.00. The fourth-order valence-electron chi connectivity index (χ4n) is 2.65. The van der Waals surface area contributed by atoms with Crippen molar-refractivity contribution in [1.82, 2.24) is 9.78 Å². The Hall–Kier alpha value is -1.30. The van der Waals surface area contributed by atoms with Gasteiger partial charge in [-0.1, -0.05) is 0 Å². The van der Waals surface area contributed by atoms with Gasteiger partial charge in [0.2, 0.25) is 0 Å². The van der Waals surface area contributed by atoms with Crippen molar-refractivity contribution in [2.45, 2.75) is 52.0 Å². The van der Waals surface area contributed by atoms with Crippen molar-refractivity contribution in [2.24, 2.45) is 0 Å². The lowest BCUT2D eigenvalue weighted by atomic mass is 9.65. The van der Waals surface area contributed by atoms with E-state index in [0.717, 1.165) is 25.1 Å². The summed E-state index contributed by atoms with van der Waals surface area (Å²) in [6.07, 6.45) is 3.17. The lowest BCUT2D eigenvalue weighted by Crippen LogP contribution is -2.33. The van der Waals surface area contributed by atoms with Gasteiger partial charge < -0.3 is 0 Å². The number of nitriles is 1. The molecule has 0 saturated heterocycles. The molecule has 2 rings (SSSR count). The molecule has 1 aliphatic rings. The largest absolute Gasteiger partial charge is 0.270 e. The first kappa shape index (κ1) is 10.2. The van der Waals surface area contributed by atoms with Crippen molar-refractivity contribution >= 4 is 0 Å². The van der Waals surface area contributed by atoms with Gasteiger partial charge in [-0.3, -0.25) is 4.68 Å². The van der Waals surface area contributed by atoms with Gasteiger partial charge in [-0.25, -0.2) is 0 Å². The van der Waals surface area contributed by atoms with E-state index in [2.05, 4.69) is 25.0 Å². The summed E-state index contributed by atoms with van der Waals surface area (Å²) in [4.78, 5) is 0. The Morgan fingerprint density at radius 3 is 2.47 bits per heavy atom. The van der Waals surface area contributed by atoms with Crippen LogP contribution in [0, 0.1) is 25.2 Å². The molecule has 0 atom stereocenters. The van der Waals surface area contributed by atoms with E-state index in [1.165, 1.54) is 17.7 Å². The molecule has 0 spiro atoms. The van der Waals surface area contributed by atoms with Crippen LogP contribution in [0.3, 0.4) is 0 Å². The average Bonchev–Trinajstić information content (AvgIpc) is 2.44. The van der Waals surface area contributed by atoms with Crippen molar-refractivity contribution in [2.75, 3.05) is 0 Å². The molecule has 1 heterocycles. The summed E-state index contributed by atoms with van der Waals surface area (Å²) in [6, 6.07) is 2.50. The number of aromatic nitrogens is 2. The molecular weight excluding hydrogens is 186 g/mol. The highest BCUT2D eigenvalue weighted by molar-refractivity contribution is 5.41. The molecule has 1 saturated carbocycles. The van der Waals surface area contributed by atoms with Crippen molar-refractivity contribution < 1.29 is 0 Å². The van der Waals surface area contributed by atoms with Gasteiger partial charge in [-0.05, 0) is 40.0 Å². The smallest absolute Gasteiger partial charge is 0.0858 e. The van der Waals surface area contributed by atoms with Crippen molar-refractivity contribution in [1.29, 1.82) is 5.26 Å². The molecule has 0 bridgehead atoms. The van der Waals surface area contributed by atoms with Crippen LogP contribution in [0.5, 0.6) is 0 Å². The van der Waals surface area contributed by atoms with Gasteiger partial charge in [-0.15, -0.1) is 0 Å². The molecule has 0 radical (unpaired) electrons. The summed E-state index contributed by atoms with van der Waals surface area (Å²) in [5.74, 6) is 0. The monoisotopic (exact) mass is 203 g/mol. The van der Waals surface area contributed by atoms with Crippen molar-refractivity contribution in [3.63, 3.8) is 0 Å². The zero-order chi connectivity index (χ0) is 11.1. The molecule has 15 heavy (non-hydrogen) atoms. The first-order chi connectivity index (χ1) is 7.14. The Bertz CT molecular complexity index is 419. The Balaban J connectivity index is 2.53. The maximum atomic E-state index is 9.33. The Labute approximate surface area is 90.7 Å². The maximum Gasteiger partial charge on any atom is 0.0858 e. The summed E-state index contributed by atoms with van der Waals surface area (Å²) in [5, 5.41) is 13.8. The molecular formula is C12H17N3. The molecule has 3 nitrogen and oxygen atoms in total. The normalized spacial score (nSPS) is 18.3. The first-order valence-electron chi connectivity index (χ1n) is 5.60. The van der Waals surface area contributed by atoms with Crippen LogP contribution in [0.4, 0.5) is 0 Å². The van der Waals surface area contributed by atoms with Gasteiger partial charge in [0.25, 0.3) is 0 Å². The Morgan fingerprint density at radius 1 is 1.47 bits per heavy atom. The quantitative estimate of drug-likeness (QED) is 0.741. The van der Waals surface area contributed by atoms with E-state index in [0.29, 0.717) is 0 Å². The zero-order valence-electron chi connectivity index (χ0n) is 9.67. The lowest BCUT2D eigenvalue weighted by molar-refractivity contribution is 0.321. The zero-order valence-corrected chi connectivity index (χ0v) is 9.67. The van der Waals surface area contributed by atoms with E-state index in [1.54, 1.807) is 0 Å². The molecule has 1 fully saturated rings. The Morgan fingerprint density at radius 2 is 2.13 bits per heavy atom. The first-order valence-corrected chi connectivity index (χ1v) is 5.60. The minimum atomic E-state index is -0.221. The van der Waals surface area contributed by atoms with Crippen LogP contribution in [0.25, 0.3) is 0 Å². The van der Waals surface area contributed by atoms with E-state index >= 15 is 0 Å². The summed E-state index contributed by atoms with van der Waals surface area (Å²) in [5.41, 5.74) is 3.19. The third-order valence-corrected chi connectivity index (χ3v) is 3.58. The third kappa shape index (κ3) is 1.28. The SMILES string of the molecule is CCn1nc(C)c(C2(C#N)CCC2)c1C. The average molecular weight is 203 g/mol. The molecule has 0 aliphatic heterocycles. The van der Waals surface area contributed by atoms with Crippen LogP contribution < -0.4 is 0 Å². The second kappa shape index (κ2) is 3.37. The topological polar surface area (TPSA) is 41.6 Å². The van der Waals surface area contributed by atoms with Gasteiger partial charge in [0, 0.05) is 17.8 Å². The highest BCUT2D eigenvalue weighted by Crippen LogP contribution is 2.45. The number of hydrogen-bond donors (Lipinski definition) is 0. The minimum Gasteiger partial charge on any atom is -0.270 e. The van der Waals surface area contributed by atoms with Gasteiger partial charge in [0.1, 0.15) is 0 Å². The maximum absolute atomic E-state index is 9.33. The van der Waals surface area contributed by atoms with Gasteiger partial charge >= 0.3 is 0 Å². The van der Waals surface area contributed by atoms with Crippen LogP contribution >= 0.6 is 0 Å². The molecule has 1 aliphatic carbocycles. The lowest BCUT2D eigenvalue weighted by Gasteiger charge is -2.35. The molecule has 3 heteroatoms. The molecule has 0 aromatic carbocycles. The molecule has 0 unspecified atom stereocenters. The van der Waals surface area contributed by atoms with Crippen LogP contribution in [0.15, 0.2) is 0 Å². The Kier molecular flexibility index (Phi) is 2.30.